The number of methoxy groups -OCH3 is 1. The summed E-state index contributed by atoms with van der Waals surface area (Å²) in [5, 5.41) is 8.03. The Morgan fingerprint density at radius 2 is 1.42 bits per heavy atom. The van der Waals surface area contributed by atoms with Crippen molar-refractivity contribution in [3.63, 3.8) is 0 Å². The minimum absolute atomic E-state index is 0.205. The first-order valence-electron chi connectivity index (χ1n) is 11.5. The lowest BCUT2D eigenvalue weighted by molar-refractivity contribution is 0.0992. The van der Waals surface area contributed by atoms with Crippen molar-refractivity contribution in [2.24, 2.45) is 10.2 Å². The summed E-state index contributed by atoms with van der Waals surface area (Å²) in [6.07, 6.45) is 10.3. The summed E-state index contributed by atoms with van der Waals surface area (Å²) in [4.78, 5) is 12.2. The number of unbranched alkanes of at least 4 members (excludes halogenated alkanes) is 7. The van der Waals surface area contributed by atoms with Gasteiger partial charge in [0.1, 0.15) is 11.5 Å². The Morgan fingerprint density at radius 3 is 2.03 bits per heavy atom. The minimum atomic E-state index is -0.361. The van der Waals surface area contributed by atoms with E-state index in [0.29, 0.717) is 11.3 Å². The molecule has 0 saturated heterocycles. The molecule has 5 heteroatoms. The highest BCUT2D eigenvalue weighted by Gasteiger charge is 2.08. The van der Waals surface area contributed by atoms with E-state index in [0.717, 1.165) is 24.3 Å². The smallest absolute Gasteiger partial charge is 0.295 e. The number of amides is 1. The number of azo groups is 1. The lowest BCUT2D eigenvalue weighted by Crippen LogP contribution is -1.98. The molecule has 0 aliphatic rings. The van der Waals surface area contributed by atoms with Gasteiger partial charge in [0.15, 0.2) is 0 Å². The molecule has 2 aromatic carbocycles. The normalized spacial score (nSPS) is 12.1. The van der Waals surface area contributed by atoms with Crippen molar-refractivity contribution >= 4 is 5.91 Å². The van der Waals surface area contributed by atoms with Crippen LogP contribution < -0.4 is 9.47 Å². The Morgan fingerprint density at radius 1 is 0.839 bits per heavy atom. The minimum Gasteiger partial charge on any atom is -0.497 e. The predicted octanol–water partition coefficient (Wildman–Crippen LogP) is 7.57. The molecular formula is C26H36N2O3. The van der Waals surface area contributed by atoms with Gasteiger partial charge < -0.3 is 9.47 Å². The van der Waals surface area contributed by atoms with Gasteiger partial charge in [0.2, 0.25) is 0 Å². The molecule has 0 fully saturated rings. The van der Waals surface area contributed by atoms with Gasteiger partial charge in [-0.25, -0.2) is 0 Å². The number of hydrogen-bond acceptors (Lipinski definition) is 4. The molecule has 1 atom stereocenters. The maximum atomic E-state index is 12.2. The summed E-state index contributed by atoms with van der Waals surface area (Å²) in [6.45, 7) is 4.92. The number of nitrogens with zero attached hydrogens (tertiary/aromatic N) is 2. The zero-order chi connectivity index (χ0) is 22.3. The van der Waals surface area contributed by atoms with E-state index in [9.17, 15) is 4.79 Å². The Bertz CT molecular complexity index is 785. The summed E-state index contributed by atoms with van der Waals surface area (Å²) in [5.41, 5.74) is 1.48. The molecule has 2 aromatic rings. The summed E-state index contributed by atoms with van der Waals surface area (Å²) >= 11 is 0. The standard InChI is InChI=1S/C26H36N2O3/c1-4-5-6-7-8-9-10-11-20-31-25-18-12-22(13-19-25)21(2)27-28-26(29)23-14-16-24(30-3)17-15-23/h12-19,21H,4-11,20H2,1-3H3. The summed E-state index contributed by atoms with van der Waals surface area (Å²) < 4.78 is 10.9. The van der Waals surface area contributed by atoms with Gasteiger partial charge in [0, 0.05) is 5.56 Å². The number of hydrogen-bond donors (Lipinski definition) is 0. The molecule has 0 aliphatic carbocycles. The van der Waals surface area contributed by atoms with Crippen LogP contribution in [0.15, 0.2) is 58.8 Å². The largest absolute Gasteiger partial charge is 0.497 e. The van der Waals surface area contributed by atoms with E-state index in [2.05, 4.69) is 17.2 Å². The summed E-state index contributed by atoms with van der Waals surface area (Å²) in [5.74, 6) is 1.21. The van der Waals surface area contributed by atoms with Gasteiger partial charge in [-0.15, -0.1) is 5.11 Å². The Kier molecular flexibility index (Phi) is 11.4. The summed E-state index contributed by atoms with van der Waals surface area (Å²) in [7, 11) is 1.59. The highest BCUT2D eigenvalue weighted by atomic mass is 16.5. The van der Waals surface area contributed by atoms with Crippen molar-refractivity contribution in [3.05, 3.63) is 59.7 Å². The number of carbonyl (C=O) groups excluding carboxylic acids is 1. The van der Waals surface area contributed by atoms with Crippen LogP contribution in [0.3, 0.4) is 0 Å². The number of rotatable bonds is 14. The first-order valence-corrected chi connectivity index (χ1v) is 11.5. The average Bonchev–Trinajstić information content (AvgIpc) is 2.81. The van der Waals surface area contributed by atoms with Gasteiger partial charge in [-0.05, 0) is 55.3 Å². The highest BCUT2D eigenvalue weighted by Crippen LogP contribution is 2.21. The van der Waals surface area contributed by atoms with E-state index in [1.54, 1.807) is 31.4 Å². The van der Waals surface area contributed by atoms with Gasteiger partial charge in [0.05, 0.1) is 19.8 Å². The molecule has 2 rings (SSSR count). The van der Waals surface area contributed by atoms with E-state index in [1.807, 2.05) is 31.2 Å². The SMILES string of the molecule is CCCCCCCCCCOc1ccc(C(C)N=NC(=O)c2ccc(OC)cc2)cc1. The van der Waals surface area contributed by atoms with Crippen LogP contribution in [0.1, 0.15) is 87.2 Å². The van der Waals surface area contributed by atoms with Gasteiger partial charge in [-0.2, -0.15) is 5.11 Å². The fraction of sp³-hybridized carbons (Fsp3) is 0.500. The second kappa shape index (κ2) is 14.3. The molecule has 1 unspecified atom stereocenters. The maximum absolute atomic E-state index is 12.2. The van der Waals surface area contributed by atoms with Gasteiger partial charge in [-0.3, -0.25) is 4.79 Å². The topological polar surface area (TPSA) is 60.2 Å². The van der Waals surface area contributed by atoms with Crippen LogP contribution in [0.5, 0.6) is 11.5 Å². The molecule has 0 spiro atoms. The first kappa shape index (κ1) is 24.6. The third-order valence-electron chi connectivity index (χ3n) is 5.29. The lowest BCUT2D eigenvalue weighted by atomic mass is 10.1. The number of ether oxygens (including phenoxy) is 2. The van der Waals surface area contributed by atoms with E-state index in [1.165, 1.54) is 44.9 Å². The second-order valence-corrected chi connectivity index (χ2v) is 7.82. The number of carbonyl (C=O) groups is 1. The molecule has 0 radical (unpaired) electrons. The highest BCUT2D eigenvalue weighted by molar-refractivity contribution is 5.94. The predicted molar refractivity (Wildman–Crippen MR) is 125 cm³/mol. The third kappa shape index (κ3) is 9.33. The van der Waals surface area contributed by atoms with E-state index < -0.39 is 0 Å². The molecule has 168 valence electrons. The van der Waals surface area contributed by atoms with E-state index in [4.69, 9.17) is 9.47 Å². The van der Waals surface area contributed by atoms with Crippen LogP contribution in [0.2, 0.25) is 0 Å². The molecule has 0 N–H and O–H groups in total. The third-order valence-corrected chi connectivity index (χ3v) is 5.29. The quantitative estimate of drug-likeness (QED) is 0.232. The van der Waals surface area contributed by atoms with E-state index >= 15 is 0 Å². The average molecular weight is 425 g/mol. The molecular weight excluding hydrogens is 388 g/mol. The van der Waals surface area contributed by atoms with Crippen LogP contribution in [-0.2, 0) is 0 Å². The van der Waals surface area contributed by atoms with Gasteiger partial charge in [-0.1, -0.05) is 64.0 Å². The van der Waals surface area contributed by atoms with Gasteiger partial charge >= 0.3 is 0 Å². The van der Waals surface area contributed by atoms with Crippen molar-refractivity contribution in [1.82, 2.24) is 0 Å². The molecule has 0 bridgehead atoms. The fourth-order valence-electron chi connectivity index (χ4n) is 3.27. The van der Waals surface area contributed by atoms with Crippen molar-refractivity contribution in [2.75, 3.05) is 13.7 Å². The maximum Gasteiger partial charge on any atom is 0.295 e. The van der Waals surface area contributed by atoms with Gasteiger partial charge in [0.25, 0.3) is 5.91 Å². The second-order valence-electron chi connectivity index (χ2n) is 7.82. The van der Waals surface area contributed by atoms with Crippen molar-refractivity contribution < 1.29 is 14.3 Å². The zero-order valence-electron chi connectivity index (χ0n) is 19.2. The van der Waals surface area contributed by atoms with E-state index in [-0.39, 0.29) is 11.9 Å². The Hall–Kier alpha value is -2.69. The van der Waals surface area contributed by atoms with Crippen molar-refractivity contribution in [1.29, 1.82) is 0 Å². The van der Waals surface area contributed by atoms with Crippen LogP contribution in [0.4, 0.5) is 0 Å². The lowest BCUT2D eigenvalue weighted by Gasteiger charge is -2.09. The first-order chi connectivity index (χ1) is 15.1. The van der Waals surface area contributed by atoms with Crippen LogP contribution in [-0.4, -0.2) is 19.6 Å². The van der Waals surface area contributed by atoms with Crippen molar-refractivity contribution in [3.8, 4) is 11.5 Å². The molecule has 31 heavy (non-hydrogen) atoms. The molecule has 0 heterocycles. The molecule has 0 aromatic heterocycles. The molecule has 0 saturated carbocycles. The van der Waals surface area contributed by atoms with Crippen LogP contribution in [0.25, 0.3) is 0 Å². The Labute approximate surface area is 186 Å². The molecule has 5 nitrogen and oxygen atoms in total. The number of benzene rings is 2. The zero-order valence-corrected chi connectivity index (χ0v) is 19.2. The van der Waals surface area contributed by atoms with Crippen molar-refractivity contribution in [2.45, 2.75) is 71.3 Å². The molecule has 0 aliphatic heterocycles. The van der Waals surface area contributed by atoms with Crippen LogP contribution in [0, 0.1) is 0 Å². The monoisotopic (exact) mass is 424 g/mol. The fourth-order valence-corrected chi connectivity index (χ4v) is 3.27. The van der Waals surface area contributed by atoms with Crippen LogP contribution >= 0.6 is 0 Å². The Balaban J connectivity index is 1.70. The summed E-state index contributed by atoms with van der Waals surface area (Å²) in [6, 6.07) is 14.5. The molecule has 1 amide bonds.